The Hall–Kier alpha value is -1.52. The first kappa shape index (κ1) is 12.9. The van der Waals surface area contributed by atoms with Gasteiger partial charge in [-0.3, -0.25) is 0 Å². The van der Waals surface area contributed by atoms with Gasteiger partial charge in [0.25, 0.3) is 0 Å². The van der Waals surface area contributed by atoms with Crippen LogP contribution in [0.2, 0.25) is 5.02 Å². The Morgan fingerprint density at radius 1 is 1.33 bits per heavy atom. The minimum Gasteiger partial charge on any atom is -0.477 e. The normalized spacial score (nSPS) is 10.3. The van der Waals surface area contributed by atoms with Crippen LogP contribution in [0.5, 0.6) is 0 Å². The molecule has 0 aliphatic heterocycles. The summed E-state index contributed by atoms with van der Waals surface area (Å²) in [5.74, 6) is -0.355. The third-order valence-electron chi connectivity index (χ3n) is 2.27. The molecule has 92 valence electrons. The molecule has 0 saturated heterocycles. The first-order valence-corrected chi connectivity index (χ1v) is 6.59. The third kappa shape index (κ3) is 3.24. The van der Waals surface area contributed by atoms with E-state index in [1.54, 1.807) is 23.9 Å². The third-order valence-corrected chi connectivity index (χ3v) is 3.86. The van der Waals surface area contributed by atoms with Crippen LogP contribution in [-0.2, 0) is 5.75 Å². The molecule has 1 aromatic heterocycles. The van der Waals surface area contributed by atoms with Gasteiger partial charge >= 0.3 is 5.97 Å². The van der Waals surface area contributed by atoms with Crippen molar-refractivity contribution in [1.29, 1.82) is 0 Å². The number of hydrogen-bond acceptors (Lipinski definition) is 3. The fourth-order valence-electron chi connectivity index (χ4n) is 1.40. The van der Waals surface area contributed by atoms with E-state index in [1.165, 1.54) is 6.20 Å². The molecule has 0 bridgehead atoms. The van der Waals surface area contributed by atoms with Gasteiger partial charge in [-0.05, 0) is 29.8 Å². The Kier molecular flexibility index (Phi) is 4.23. The Labute approximate surface area is 114 Å². The van der Waals surface area contributed by atoms with Crippen molar-refractivity contribution in [2.45, 2.75) is 10.6 Å². The molecule has 0 radical (unpaired) electrons. The number of thioether (sulfide) groups is 1. The molecule has 1 heterocycles. The van der Waals surface area contributed by atoms with Gasteiger partial charge < -0.3 is 5.11 Å². The molecule has 1 aromatic carbocycles. The highest BCUT2D eigenvalue weighted by Crippen LogP contribution is 2.29. The zero-order valence-corrected chi connectivity index (χ0v) is 10.9. The minimum absolute atomic E-state index is 0.0623. The molecule has 0 amide bonds. The molecule has 3 nitrogen and oxygen atoms in total. The standard InChI is InChI=1S/C13H10ClNO2S/c14-10-3-1-2-4-12(10)18-8-9-5-6-15-11(7-9)13(16)17/h1-7H,8H2,(H,16,17). The van der Waals surface area contributed by atoms with E-state index in [-0.39, 0.29) is 5.69 Å². The fraction of sp³-hybridized carbons (Fsp3) is 0.0769. The van der Waals surface area contributed by atoms with Crippen LogP contribution in [0.3, 0.4) is 0 Å². The smallest absolute Gasteiger partial charge is 0.354 e. The van der Waals surface area contributed by atoms with Crippen molar-refractivity contribution < 1.29 is 9.90 Å². The molecule has 0 unspecified atom stereocenters. The van der Waals surface area contributed by atoms with Crippen molar-refractivity contribution in [1.82, 2.24) is 4.98 Å². The van der Waals surface area contributed by atoms with Crippen LogP contribution >= 0.6 is 23.4 Å². The summed E-state index contributed by atoms with van der Waals surface area (Å²) in [6.45, 7) is 0. The van der Waals surface area contributed by atoms with E-state index < -0.39 is 5.97 Å². The number of pyridine rings is 1. The SMILES string of the molecule is O=C(O)c1cc(CSc2ccccc2Cl)ccn1. The molecule has 2 aromatic rings. The molecule has 0 saturated carbocycles. The van der Waals surface area contributed by atoms with Crippen molar-refractivity contribution in [2.24, 2.45) is 0 Å². The fourth-order valence-corrected chi connectivity index (χ4v) is 2.59. The molecule has 1 N–H and O–H groups in total. The molecule has 0 atom stereocenters. The Morgan fingerprint density at radius 2 is 2.11 bits per heavy atom. The lowest BCUT2D eigenvalue weighted by Crippen LogP contribution is -2.00. The number of nitrogens with zero attached hydrogens (tertiary/aromatic N) is 1. The number of carboxylic acids is 1. The predicted molar refractivity (Wildman–Crippen MR) is 72.2 cm³/mol. The quantitative estimate of drug-likeness (QED) is 0.867. The van der Waals surface area contributed by atoms with Crippen molar-refractivity contribution in [3.05, 3.63) is 58.9 Å². The molecule has 2 rings (SSSR count). The summed E-state index contributed by atoms with van der Waals surface area (Å²) in [6.07, 6.45) is 1.51. The van der Waals surface area contributed by atoms with E-state index in [2.05, 4.69) is 4.98 Å². The Balaban J connectivity index is 2.09. The van der Waals surface area contributed by atoms with Crippen LogP contribution in [0, 0.1) is 0 Å². The number of benzene rings is 1. The van der Waals surface area contributed by atoms with Crippen LogP contribution in [-0.4, -0.2) is 16.1 Å². The van der Waals surface area contributed by atoms with Crippen LogP contribution in [0.4, 0.5) is 0 Å². The second-order valence-electron chi connectivity index (χ2n) is 3.57. The number of carbonyl (C=O) groups is 1. The summed E-state index contributed by atoms with van der Waals surface area (Å²) in [6, 6.07) is 10.9. The van der Waals surface area contributed by atoms with Crippen molar-refractivity contribution in [2.75, 3.05) is 0 Å². The van der Waals surface area contributed by atoms with Crippen molar-refractivity contribution in [3.63, 3.8) is 0 Å². The summed E-state index contributed by atoms with van der Waals surface area (Å²) in [5, 5.41) is 9.55. The van der Waals surface area contributed by atoms with E-state index in [0.717, 1.165) is 10.5 Å². The number of rotatable bonds is 4. The van der Waals surface area contributed by atoms with Crippen molar-refractivity contribution in [3.8, 4) is 0 Å². The van der Waals surface area contributed by atoms with Gasteiger partial charge in [-0.1, -0.05) is 23.7 Å². The maximum Gasteiger partial charge on any atom is 0.354 e. The van der Waals surface area contributed by atoms with Gasteiger partial charge in [0, 0.05) is 16.8 Å². The van der Waals surface area contributed by atoms with E-state index in [4.69, 9.17) is 16.7 Å². The van der Waals surface area contributed by atoms with Gasteiger partial charge in [-0.15, -0.1) is 11.8 Å². The molecule has 5 heteroatoms. The summed E-state index contributed by atoms with van der Waals surface area (Å²) < 4.78 is 0. The lowest BCUT2D eigenvalue weighted by Gasteiger charge is -2.04. The van der Waals surface area contributed by atoms with Gasteiger partial charge in [0.15, 0.2) is 0 Å². The average Bonchev–Trinajstić information content (AvgIpc) is 2.38. The minimum atomic E-state index is -1.01. The number of aromatic nitrogens is 1. The number of carboxylic acid groups (broad SMARTS) is 1. The van der Waals surface area contributed by atoms with Crippen LogP contribution in [0.25, 0.3) is 0 Å². The number of halogens is 1. The largest absolute Gasteiger partial charge is 0.477 e. The molecular formula is C13H10ClNO2S. The predicted octanol–water partition coefficient (Wildman–Crippen LogP) is 3.73. The summed E-state index contributed by atoms with van der Waals surface area (Å²) in [4.78, 5) is 15.5. The zero-order valence-electron chi connectivity index (χ0n) is 9.34. The molecular weight excluding hydrogens is 270 g/mol. The zero-order chi connectivity index (χ0) is 13.0. The number of hydrogen-bond donors (Lipinski definition) is 1. The van der Waals surface area contributed by atoms with Crippen LogP contribution in [0.1, 0.15) is 16.1 Å². The van der Waals surface area contributed by atoms with Gasteiger partial charge in [-0.2, -0.15) is 0 Å². The van der Waals surface area contributed by atoms with E-state index in [0.29, 0.717) is 10.8 Å². The molecule has 0 spiro atoms. The average molecular weight is 280 g/mol. The highest BCUT2D eigenvalue weighted by molar-refractivity contribution is 7.98. The topological polar surface area (TPSA) is 50.2 Å². The second kappa shape index (κ2) is 5.89. The monoisotopic (exact) mass is 279 g/mol. The van der Waals surface area contributed by atoms with Gasteiger partial charge in [0.1, 0.15) is 5.69 Å². The maximum atomic E-state index is 10.8. The lowest BCUT2D eigenvalue weighted by atomic mass is 10.2. The van der Waals surface area contributed by atoms with E-state index in [1.807, 2.05) is 24.3 Å². The Bertz CT molecular complexity index is 574. The summed E-state index contributed by atoms with van der Waals surface area (Å²) >= 11 is 7.61. The van der Waals surface area contributed by atoms with Gasteiger partial charge in [0.05, 0.1) is 5.02 Å². The first-order chi connectivity index (χ1) is 8.66. The highest BCUT2D eigenvalue weighted by atomic mass is 35.5. The first-order valence-electron chi connectivity index (χ1n) is 5.22. The Morgan fingerprint density at radius 3 is 2.83 bits per heavy atom. The second-order valence-corrected chi connectivity index (χ2v) is 5.00. The van der Waals surface area contributed by atoms with E-state index >= 15 is 0 Å². The summed E-state index contributed by atoms with van der Waals surface area (Å²) in [5.41, 5.74) is 0.972. The van der Waals surface area contributed by atoms with Crippen LogP contribution in [0.15, 0.2) is 47.5 Å². The molecule has 18 heavy (non-hydrogen) atoms. The highest BCUT2D eigenvalue weighted by Gasteiger charge is 2.06. The number of aromatic carboxylic acids is 1. The molecule has 0 aliphatic carbocycles. The van der Waals surface area contributed by atoms with Crippen molar-refractivity contribution >= 4 is 29.3 Å². The van der Waals surface area contributed by atoms with Crippen LogP contribution < -0.4 is 0 Å². The summed E-state index contributed by atoms with van der Waals surface area (Å²) in [7, 11) is 0. The molecule has 0 fully saturated rings. The maximum absolute atomic E-state index is 10.8. The lowest BCUT2D eigenvalue weighted by molar-refractivity contribution is 0.0690. The van der Waals surface area contributed by atoms with Gasteiger partial charge in [-0.25, -0.2) is 9.78 Å². The van der Waals surface area contributed by atoms with Gasteiger partial charge in [0.2, 0.25) is 0 Å². The molecule has 0 aliphatic rings. The van der Waals surface area contributed by atoms with E-state index in [9.17, 15) is 4.79 Å².